The highest BCUT2D eigenvalue weighted by atomic mass is 16.7. The van der Waals surface area contributed by atoms with Gasteiger partial charge in [0.2, 0.25) is 5.91 Å². The van der Waals surface area contributed by atoms with E-state index < -0.39 is 49.5 Å². The van der Waals surface area contributed by atoms with E-state index in [2.05, 4.69) is 153 Å². The van der Waals surface area contributed by atoms with E-state index in [1.165, 1.54) is 116 Å². The molecule has 7 atom stereocenters. The SMILES string of the molecule is CC/C=C\C/C=C\C/C=C\C/C=C\C/C=C\C/C=C\C/C=C\C/C=C\C/C=C\C/C=C\CCCCCCC(=O)NC(COC1OC(CO)C(O)C(O)C1O)C(O)/C=C/CC/C=C/CCCCCCCCCCCCCCCCCCCC. The molecule has 1 aliphatic rings. The van der Waals surface area contributed by atoms with Crippen LogP contribution in [0.25, 0.3) is 0 Å². The van der Waals surface area contributed by atoms with Crippen LogP contribution in [0.3, 0.4) is 0 Å². The predicted molar refractivity (Wildman–Crippen MR) is 350 cm³/mol. The standard InChI is InChI=1S/C73H121NO8/c1-3-5-7-9-11-13-15-17-19-21-23-25-27-29-30-31-32-33-34-35-36-37-38-39-41-43-45-47-49-51-53-55-57-59-61-63-69(77)74-66(65-81-73-72(80)71(79)70(78)68(64-75)82-73)67(76)62-60-58-56-54-52-50-48-46-44-42-40-28-26-24-22-20-18-16-14-12-10-8-6-4-2/h5,7,11,13,17,19,23,25,29-30,32-33,35-36,38-39,43,45,49,51-52,54,60,62,66-68,70-73,75-76,78-80H,3-4,6,8-10,12,14-16,18,20-22,24,26-28,31,34,37,40-42,44,46-48,50,53,55-59,61,63-65H2,1-2H3,(H,74,77)/b7-5-,13-11-,19-17-,25-23-,30-29-,33-32-,36-35-,39-38-,45-43-,51-49-,54-52+,62-60+. The average molecular weight is 1140 g/mol. The van der Waals surface area contributed by atoms with Crippen LogP contribution in [0.15, 0.2) is 146 Å². The molecule has 0 aliphatic carbocycles. The molecule has 0 aromatic heterocycles. The Morgan fingerprint density at radius 2 is 0.768 bits per heavy atom. The zero-order valence-electron chi connectivity index (χ0n) is 51.9. The fourth-order valence-electron chi connectivity index (χ4n) is 9.49. The van der Waals surface area contributed by atoms with Crippen molar-refractivity contribution in [2.75, 3.05) is 13.2 Å². The third kappa shape index (κ3) is 48.4. The third-order valence-corrected chi connectivity index (χ3v) is 14.6. The number of unbranched alkanes of at least 4 members (excludes halogenated alkanes) is 23. The molecule has 7 unspecified atom stereocenters. The Labute approximate surface area is 502 Å². The van der Waals surface area contributed by atoms with E-state index in [-0.39, 0.29) is 12.5 Å². The summed E-state index contributed by atoms with van der Waals surface area (Å²) in [6.07, 6.45) is 86.4. The van der Waals surface area contributed by atoms with Crippen LogP contribution in [-0.4, -0.2) is 87.5 Å². The van der Waals surface area contributed by atoms with Gasteiger partial charge in [-0.1, -0.05) is 282 Å². The van der Waals surface area contributed by atoms with Crippen molar-refractivity contribution in [3.05, 3.63) is 146 Å². The minimum Gasteiger partial charge on any atom is -0.394 e. The second-order valence-electron chi connectivity index (χ2n) is 22.2. The van der Waals surface area contributed by atoms with Crippen LogP contribution in [0.5, 0.6) is 0 Å². The predicted octanol–water partition coefficient (Wildman–Crippen LogP) is 17.8. The van der Waals surface area contributed by atoms with Gasteiger partial charge in [0, 0.05) is 6.42 Å². The van der Waals surface area contributed by atoms with Crippen molar-refractivity contribution in [1.29, 1.82) is 0 Å². The minimum atomic E-state index is -1.59. The maximum absolute atomic E-state index is 13.1. The van der Waals surface area contributed by atoms with Crippen molar-refractivity contribution in [3.8, 4) is 0 Å². The molecule has 9 heteroatoms. The summed E-state index contributed by atoms with van der Waals surface area (Å²) in [5.41, 5.74) is 0. The van der Waals surface area contributed by atoms with E-state index in [1.807, 2.05) is 6.08 Å². The highest BCUT2D eigenvalue weighted by molar-refractivity contribution is 5.76. The molecule has 1 heterocycles. The topological polar surface area (TPSA) is 149 Å². The molecule has 0 aromatic carbocycles. The minimum absolute atomic E-state index is 0.216. The summed E-state index contributed by atoms with van der Waals surface area (Å²) in [5, 5.41) is 54.6. The molecule has 6 N–H and O–H groups in total. The molecule has 0 bridgehead atoms. The van der Waals surface area contributed by atoms with E-state index in [9.17, 15) is 30.3 Å². The number of ether oxygens (including phenoxy) is 2. The maximum Gasteiger partial charge on any atom is 0.220 e. The molecule has 1 fully saturated rings. The van der Waals surface area contributed by atoms with Gasteiger partial charge in [0.25, 0.3) is 0 Å². The average Bonchev–Trinajstić information content (AvgIpc) is 3.52. The van der Waals surface area contributed by atoms with Crippen LogP contribution in [0, 0.1) is 0 Å². The molecule has 1 rings (SSSR count). The molecule has 1 saturated heterocycles. The first kappa shape index (κ1) is 76.1. The maximum atomic E-state index is 13.1. The molecule has 0 radical (unpaired) electrons. The number of carbonyl (C=O) groups excluding carboxylic acids is 1. The van der Waals surface area contributed by atoms with Gasteiger partial charge in [-0.15, -0.1) is 0 Å². The summed E-state index contributed by atoms with van der Waals surface area (Å²) in [6, 6.07) is -0.848. The van der Waals surface area contributed by atoms with Gasteiger partial charge in [-0.25, -0.2) is 0 Å². The zero-order chi connectivity index (χ0) is 59.3. The van der Waals surface area contributed by atoms with Gasteiger partial charge in [0.05, 0.1) is 25.4 Å². The summed E-state index contributed by atoms with van der Waals surface area (Å²) >= 11 is 0. The third-order valence-electron chi connectivity index (χ3n) is 14.6. The molecule has 82 heavy (non-hydrogen) atoms. The van der Waals surface area contributed by atoms with E-state index in [1.54, 1.807) is 6.08 Å². The summed E-state index contributed by atoms with van der Waals surface area (Å²) in [7, 11) is 0. The number of aliphatic hydroxyl groups excluding tert-OH is 5. The lowest BCUT2D eigenvalue weighted by Crippen LogP contribution is -2.60. The number of rotatable bonds is 55. The fourth-order valence-corrected chi connectivity index (χ4v) is 9.49. The first-order valence-electron chi connectivity index (χ1n) is 33.1. The van der Waals surface area contributed by atoms with Gasteiger partial charge < -0.3 is 40.3 Å². The summed E-state index contributed by atoms with van der Waals surface area (Å²) in [6.45, 7) is 3.64. The highest BCUT2D eigenvalue weighted by Crippen LogP contribution is 2.23. The van der Waals surface area contributed by atoms with Crippen LogP contribution >= 0.6 is 0 Å². The molecule has 0 saturated carbocycles. The first-order chi connectivity index (χ1) is 40.3. The molecular weight excluding hydrogens is 1020 g/mol. The Hall–Kier alpha value is -3.93. The van der Waals surface area contributed by atoms with Crippen molar-refractivity contribution in [2.45, 2.75) is 294 Å². The smallest absolute Gasteiger partial charge is 0.220 e. The molecular formula is C73H121NO8. The molecule has 466 valence electrons. The van der Waals surface area contributed by atoms with Crippen LogP contribution < -0.4 is 5.32 Å². The van der Waals surface area contributed by atoms with Crippen molar-refractivity contribution < 1.29 is 39.8 Å². The monoisotopic (exact) mass is 1140 g/mol. The van der Waals surface area contributed by atoms with Gasteiger partial charge in [0.15, 0.2) is 6.29 Å². The number of carbonyl (C=O) groups is 1. The Balaban J connectivity index is 2.24. The second kappa shape index (κ2) is 60.2. The number of aliphatic hydroxyl groups is 5. The lowest BCUT2D eigenvalue weighted by Gasteiger charge is -2.40. The molecule has 1 amide bonds. The molecule has 0 aromatic rings. The van der Waals surface area contributed by atoms with Crippen molar-refractivity contribution >= 4 is 5.91 Å². The summed E-state index contributed by atoms with van der Waals surface area (Å²) in [5.74, 6) is -0.216. The Bertz CT molecular complexity index is 1800. The lowest BCUT2D eigenvalue weighted by molar-refractivity contribution is -0.302. The quantitative estimate of drug-likeness (QED) is 0.0261. The van der Waals surface area contributed by atoms with Crippen LogP contribution in [0.2, 0.25) is 0 Å². The Morgan fingerprint density at radius 1 is 0.427 bits per heavy atom. The zero-order valence-corrected chi connectivity index (χ0v) is 51.9. The van der Waals surface area contributed by atoms with Gasteiger partial charge in [-0.05, 0) is 109 Å². The normalized spacial score (nSPS) is 19.3. The molecule has 9 nitrogen and oxygen atoms in total. The number of hydrogen-bond acceptors (Lipinski definition) is 8. The van der Waals surface area contributed by atoms with Crippen LogP contribution in [0.1, 0.15) is 251 Å². The van der Waals surface area contributed by atoms with Gasteiger partial charge in [-0.3, -0.25) is 4.79 Å². The van der Waals surface area contributed by atoms with Gasteiger partial charge in [-0.2, -0.15) is 0 Å². The largest absolute Gasteiger partial charge is 0.394 e. The number of amides is 1. The number of hydrogen-bond donors (Lipinski definition) is 6. The Morgan fingerprint density at radius 3 is 1.17 bits per heavy atom. The van der Waals surface area contributed by atoms with Crippen molar-refractivity contribution in [1.82, 2.24) is 5.32 Å². The van der Waals surface area contributed by atoms with E-state index >= 15 is 0 Å². The van der Waals surface area contributed by atoms with E-state index in [4.69, 9.17) is 9.47 Å². The Kier molecular flexibility index (Phi) is 55.9. The molecule has 1 aliphatic heterocycles. The fraction of sp³-hybridized carbons (Fsp3) is 0.658. The molecule has 0 spiro atoms. The number of nitrogens with one attached hydrogen (secondary N) is 1. The van der Waals surface area contributed by atoms with Gasteiger partial charge >= 0.3 is 0 Å². The summed E-state index contributed by atoms with van der Waals surface area (Å²) < 4.78 is 11.3. The van der Waals surface area contributed by atoms with Crippen molar-refractivity contribution in [2.24, 2.45) is 0 Å². The van der Waals surface area contributed by atoms with E-state index in [0.717, 1.165) is 109 Å². The lowest BCUT2D eigenvalue weighted by atomic mass is 9.99. The summed E-state index contributed by atoms with van der Waals surface area (Å²) in [4.78, 5) is 13.1. The number of allylic oxidation sites excluding steroid dienone is 23. The second-order valence-corrected chi connectivity index (χ2v) is 22.2. The van der Waals surface area contributed by atoms with Gasteiger partial charge in [0.1, 0.15) is 24.4 Å². The van der Waals surface area contributed by atoms with E-state index in [0.29, 0.717) is 12.8 Å². The highest BCUT2D eigenvalue weighted by Gasteiger charge is 2.44. The van der Waals surface area contributed by atoms with Crippen molar-refractivity contribution in [3.63, 3.8) is 0 Å². The van der Waals surface area contributed by atoms with Crippen LogP contribution in [0.4, 0.5) is 0 Å². The van der Waals surface area contributed by atoms with Crippen LogP contribution in [-0.2, 0) is 14.3 Å². The first-order valence-corrected chi connectivity index (χ1v) is 33.1.